The summed E-state index contributed by atoms with van der Waals surface area (Å²) in [4.78, 5) is 13.8. The monoisotopic (exact) mass is 305 g/mol. The number of carbonyl (C=O) groups is 1. The van der Waals surface area contributed by atoms with Crippen LogP contribution in [-0.2, 0) is 24.1 Å². The van der Waals surface area contributed by atoms with Crippen molar-refractivity contribution in [2.24, 2.45) is 0 Å². The molecule has 0 spiro atoms. The van der Waals surface area contributed by atoms with Crippen LogP contribution < -0.4 is 9.47 Å². The minimum atomic E-state index is -0.495. The summed E-state index contributed by atoms with van der Waals surface area (Å²) in [5, 5.41) is 0. The zero-order chi connectivity index (χ0) is 15.9. The predicted molar refractivity (Wildman–Crippen MR) is 82.5 cm³/mol. The van der Waals surface area contributed by atoms with Gasteiger partial charge in [0.25, 0.3) is 0 Å². The Balaban J connectivity index is 1.85. The summed E-state index contributed by atoms with van der Waals surface area (Å²) in [6, 6.07) is 2.08. The SMILES string of the molecule is CN(Cc1c2c(cc3c1OCC3)OCC2)C(=O)OC(C)(C)C. The molecule has 2 heterocycles. The summed E-state index contributed by atoms with van der Waals surface area (Å²) in [5.41, 5.74) is 2.91. The maximum Gasteiger partial charge on any atom is 0.410 e. The third kappa shape index (κ3) is 2.85. The van der Waals surface area contributed by atoms with Gasteiger partial charge in [-0.15, -0.1) is 0 Å². The van der Waals surface area contributed by atoms with E-state index in [4.69, 9.17) is 14.2 Å². The minimum absolute atomic E-state index is 0.323. The highest BCUT2D eigenvalue weighted by molar-refractivity contribution is 5.68. The first-order chi connectivity index (χ1) is 10.3. The quantitative estimate of drug-likeness (QED) is 0.843. The number of benzene rings is 1. The molecule has 0 N–H and O–H groups in total. The number of carbonyl (C=O) groups excluding carboxylic acids is 1. The molecule has 2 aliphatic heterocycles. The van der Waals surface area contributed by atoms with Crippen molar-refractivity contribution in [1.29, 1.82) is 0 Å². The summed E-state index contributed by atoms with van der Waals surface area (Å²) in [7, 11) is 1.75. The smallest absolute Gasteiger partial charge is 0.410 e. The van der Waals surface area contributed by atoms with Gasteiger partial charge in [-0.25, -0.2) is 4.79 Å². The molecule has 5 nitrogen and oxygen atoms in total. The van der Waals surface area contributed by atoms with Crippen LogP contribution in [0.2, 0.25) is 0 Å². The topological polar surface area (TPSA) is 48.0 Å². The van der Waals surface area contributed by atoms with Crippen LogP contribution in [0.15, 0.2) is 6.07 Å². The number of fused-ring (bicyclic) bond motifs is 2. The van der Waals surface area contributed by atoms with Gasteiger partial charge in [-0.05, 0) is 26.8 Å². The number of hydrogen-bond acceptors (Lipinski definition) is 4. The maximum atomic E-state index is 12.2. The Morgan fingerprint density at radius 2 is 2.00 bits per heavy atom. The van der Waals surface area contributed by atoms with Crippen LogP contribution in [0.1, 0.15) is 37.5 Å². The van der Waals surface area contributed by atoms with Gasteiger partial charge in [0, 0.05) is 36.6 Å². The number of nitrogens with zero attached hydrogens (tertiary/aromatic N) is 1. The normalized spacial score (nSPS) is 15.6. The van der Waals surface area contributed by atoms with E-state index in [1.807, 2.05) is 20.8 Å². The third-order valence-electron chi connectivity index (χ3n) is 3.86. The number of rotatable bonds is 2. The van der Waals surface area contributed by atoms with Gasteiger partial charge in [-0.2, -0.15) is 0 Å². The molecule has 0 unspecified atom stereocenters. The first kappa shape index (κ1) is 15.0. The molecule has 120 valence electrons. The maximum absolute atomic E-state index is 12.2. The zero-order valence-corrected chi connectivity index (χ0v) is 13.7. The third-order valence-corrected chi connectivity index (χ3v) is 3.86. The molecule has 0 aromatic heterocycles. The lowest BCUT2D eigenvalue weighted by molar-refractivity contribution is 0.0284. The fraction of sp³-hybridized carbons (Fsp3) is 0.588. The first-order valence-corrected chi connectivity index (χ1v) is 7.72. The molecule has 0 bridgehead atoms. The van der Waals surface area contributed by atoms with E-state index in [0.29, 0.717) is 19.8 Å². The van der Waals surface area contributed by atoms with Crippen LogP contribution in [0.3, 0.4) is 0 Å². The molecule has 0 radical (unpaired) electrons. The Labute approximate surface area is 131 Å². The second-order valence-corrected chi connectivity index (χ2v) is 6.85. The van der Waals surface area contributed by atoms with Crippen LogP contribution in [0.25, 0.3) is 0 Å². The molecular weight excluding hydrogens is 282 g/mol. The molecule has 22 heavy (non-hydrogen) atoms. The van der Waals surface area contributed by atoms with E-state index in [0.717, 1.165) is 35.5 Å². The average Bonchev–Trinajstić information content (AvgIpc) is 3.04. The van der Waals surface area contributed by atoms with E-state index in [2.05, 4.69) is 6.07 Å². The van der Waals surface area contributed by atoms with Crippen molar-refractivity contribution in [3.63, 3.8) is 0 Å². The van der Waals surface area contributed by atoms with Gasteiger partial charge < -0.3 is 19.1 Å². The lowest BCUT2D eigenvalue weighted by Gasteiger charge is -2.25. The Kier molecular flexibility index (Phi) is 3.67. The molecule has 2 aliphatic rings. The fourth-order valence-electron chi connectivity index (χ4n) is 2.89. The standard InChI is InChI=1S/C17H23NO4/c1-17(2,3)22-16(19)18(4)10-13-12-6-8-20-14(12)9-11-5-7-21-15(11)13/h9H,5-8,10H2,1-4H3. The summed E-state index contributed by atoms with van der Waals surface area (Å²) in [6.07, 6.45) is 1.44. The fourth-order valence-corrected chi connectivity index (χ4v) is 2.89. The van der Waals surface area contributed by atoms with E-state index < -0.39 is 5.60 Å². The number of amides is 1. The van der Waals surface area contributed by atoms with E-state index in [1.54, 1.807) is 11.9 Å². The van der Waals surface area contributed by atoms with Crippen molar-refractivity contribution < 1.29 is 19.0 Å². The van der Waals surface area contributed by atoms with Crippen molar-refractivity contribution in [3.8, 4) is 11.5 Å². The highest BCUT2D eigenvalue weighted by Crippen LogP contribution is 2.41. The summed E-state index contributed by atoms with van der Waals surface area (Å²) in [5.74, 6) is 1.87. The molecule has 1 aromatic rings. The van der Waals surface area contributed by atoms with Gasteiger partial charge >= 0.3 is 6.09 Å². The Morgan fingerprint density at radius 3 is 2.73 bits per heavy atom. The highest BCUT2D eigenvalue weighted by Gasteiger charge is 2.28. The largest absolute Gasteiger partial charge is 0.493 e. The van der Waals surface area contributed by atoms with Crippen molar-refractivity contribution in [2.75, 3.05) is 20.3 Å². The zero-order valence-electron chi connectivity index (χ0n) is 13.7. The minimum Gasteiger partial charge on any atom is -0.493 e. The van der Waals surface area contributed by atoms with Gasteiger partial charge in [-0.1, -0.05) is 0 Å². The van der Waals surface area contributed by atoms with Crippen molar-refractivity contribution in [1.82, 2.24) is 4.90 Å². The van der Waals surface area contributed by atoms with Crippen molar-refractivity contribution >= 4 is 6.09 Å². The van der Waals surface area contributed by atoms with Crippen LogP contribution in [0.5, 0.6) is 11.5 Å². The molecule has 0 saturated heterocycles. The lowest BCUT2D eigenvalue weighted by Crippen LogP contribution is -2.34. The molecule has 0 aliphatic carbocycles. The van der Waals surface area contributed by atoms with E-state index in [9.17, 15) is 4.79 Å². The van der Waals surface area contributed by atoms with Crippen LogP contribution in [0, 0.1) is 0 Å². The highest BCUT2D eigenvalue weighted by atomic mass is 16.6. The molecular formula is C17H23NO4. The number of ether oxygens (including phenoxy) is 3. The molecule has 0 saturated carbocycles. The second kappa shape index (κ2) is 5.38. The molecule has 0 fully saturated rings. The molecule has 1 amide bonds. The van der Waals surface area contributed by atoms with Crippen LogP contribution in [-0.4, -0.2) is 36.9 Å². The van der Waals surface area contributed by atoms with Crippen molar-refractivity contribution in [2.45, 2.75) is 45.8 Å². The average molecular weight is 305 g/mol. The molecule has 5 heteroatoms. The molecule has 3 rings (SSSR count). The van der Waals surface area contributed by atoms with E-state index in [1.165, 1.54) is 5.56 Å². The summed E-state index contributed by atoms with van der Waals surface area (Å²) in [6.45, 7) is 7.47. The van der Waals surface area contributed by atoms with E-state index >= 15 is 0 Å². The van der Waals surface area contributed by atoms with Crippen molar-refractivity contribution in [3.05, 3.63) is 22.8 Å². The van der Waals surface area contributed by atoms with Gasteiger partial charge in [0.2, 0.25) is 0 Å². The molecule has 1 aromatic carbocycles. The van der Waals surface area contributed by atoms with Crippen LogP contribution in [0.4, 0.5) is 4.79 Å². The second-order valence-electron chi connectivity index (χ2n) is 6.85. The Morgan fingerprint density at radius 1 is 1.27 bits per heavy atom. The number of hydrogen-bond donors (Lipinski definition) is 0. The summed E-state index contributed by atoms with van der Waals surface area (Å²) < 4.78 is 16.9. The Hall–Kier alpha value is -1.91. The predicted octanol–water partition coefficient (Wildman–Crippen LogP) is 2.92. The molecule has 0 atom stereocenters. The Bertz CT molecular complexity index is 571. The van der Waals surface area contributed by atoms with Crippen LogP contribution >= 0.6 is 0 Å². The summed E-state index contributed by atoms with van der Waals surface area (Å²) >= 11 is 0. The van der Waals surface area contributed by atoms with Gasteiger partial charge in [-0.3, -0.25) is 0 Å². The van der Waals surface area contributed by atoms with Gasteiger partial charge in [0.15, 0.2) is 0 Å². The van der Waals surface area contributed by atoms with E-state index in [-0.39, 0.29) is 6.09 Å². The lowest BCUT2D eigenvalue weighted by atomic mass is 9.99. The van der Waals surface area contributed by atoms with Gasteiger partial charge in [0.05, 0.1) is 19.8 Å². The first-order valence-electron chi connectivity index (χ1n) is 7.72. The van der Waals surface area contributed by atoms with Gasteiger partial charge in [0.1, 0.15) is 17.1 Å².